The maximum atomic E-state index is 12.6. The number of rotatable bonds is 15. The van der Waals surface area contributed by atoms with E-state index >= 15 is 0 Å². The third-order valence-corrected chi connectivity index (χ3v) is 5.50. The van der Waals surface area contributed by atoms with Gasteiger partial charge in [-0.2, -0.15) is 0 Å². The summed E-state index contributed by atoms with van der Waals surface area (Å²) in [5.41, 5.74) is -0.919. The molecule has 0 aliphatic carbocycles. The van der Waals surface area contributed by atoms with Crippen LogP contribution in [0.3, 0.4) is 0 Å². The fourth-order valence-corrected chi connectivity index (χ4v) is 3.60. The molecule has 7 nitrogen and oxygen atoms in total. The van der Waals surface area contributed by atoms with Crippen LogP contribution < -0.4 is 29.6 Å². The summed E-state index contributed by atoms with van der Waals surface area (Å²) in [4.78, 5) is 24.2. The first-order valence-electron chi connectivity index (χ1n) is 11.1. The van der Waals surface area contributed by atoms with Crippen molar-refractivity contribution < 1.29 is 61.6 Å². The van der Waals surface area contributed by atoms with Gasteiger partial charge in [0, 0.05) is 0 Å². The van der Waals surface area contributed by atoms with Crippen LogP contribution in [0.4, 0.5) is 0 Å². The Balaban J connectivity index is 0.0000102. The molecule has 0 unspecified atom stereocenters. The van der Waals surface area contributed by atoms with Crippen LogP contribution >= 0.6 is 0 Å². The molecule has 0 aliphatic rings. The average molecular weight is 489 g/mol. The molecule has 1 aromatic rings. The third-order valence-electron chi connectivity index (χ3n) is 4.62. The van der Waals surface area contributed by atoms with Gasteiger partial charge in [0.2, 0.25) is 0 Å². The number of carbonyl (C=O) groups is 2. The summed E-state index contributed by atoms with van der Waals surface area (Å²) < 4.78 is 45.2. The molecule has 0 atom stereocenters. The Labute approximate surface area is 219 Å². The fourth-order valence-electron chi connectivity index (χ4n) is 2.91. The summed E-state index contributed by atoms with van der Waals surface area (Å²) in [7, 11) is -5.01. The predicted octanol–water partition coefficient (Wildman–Crippen LogP) is 2.18. The van der Waals surface area contributed by atoms with Gasteiger partial charge in [0.1, 0.15) is 23.3 Å². The normalized spacial score (nSPS) is 11.5. The van der Waals surface area contributed by atoms with Crippen molar-refractivity contribution in [3.05, 3.63) is 53.6 Å². The minimum absolute atomic E-state index is 0. The number of ether oxygens (including phenoxy) is 2. The zero-order valence-corrected chi connectivity index (χ0v) is 22.7. The summed E-state index contributed by atoms with van der Waals surface area (Å²) >= 11 is 0. The summed E-state index contributed by atoms with van der Waals surface area (Å²) in [5, 5.41) is 0. The van der Waals surface area contributed by atoms with Crippen LogP contribution in [0.1, 0.15) is 85.9 Å². The molecular weight excluding hydrogens is 455 g/mol. The van der Waals surface area contributed by atoms with Gasteiger partial charge in [0.25, 0.3) is 0 Å². The van der Waals surface area contributed by atoms with E-state index in [9.17, 15) is 22.6 Å². The van der Waals surface area contributed by atoms with E-state index in [-0.39, 0.29) is 48.3 Å². The van der Waals surface area contributed by atoms with Gasteiger partial charge in [0.05, 0.1) is 16.0 Å². The van der Waals surface area contributed by atoms with Gasteiger partial charge < -0.3 is 14.0 Å². The molecule has 1 aromatic carbocycles. The molecule has 1 rings (SSSR count). The van der Waals surface area contributed by atoms with Crippen LogP contribution in [0.15, 0.2) is 47.4 Å². The Kier molecular flexibility index (Phi) is 17.2. The molecule has 0 radical (unpaired) electrons. The Morgan fingerprint density at radius 2 is 1.36 bits per heavy atom. The molecular formula is C24H33NaO7S. The van der Waals surface area contributed by atoms with Crippen LogP contribution in [0, 0.1) is 0 Å². The van der Waals surface area contributed by atoms with Gasteiger partial charge in [-0.25, -0.2) is 18.0 Å². The van der Waals surface area contributed by atoms with Gasteiger partial charge in [-0.05, 0) is 37.8 Å². The molecule has 0 heterocycles. The summed E-state index contributed by atoms with van der Waals surface area (Å²) in [5.74, 6) is -1.98. The minimum Gasteiger partial charge on any atom is -0.744 e. The van der Waals surface area contributed by atoms with E-state index in [1.165, 1.54) is 12.1 Å². The fraction of sp³-hybridized carbons (Fsp3) is 0.500. The molecule has 0 bridgehead atoms. The van der Waals surface area contributed by atoms with Crippen molar-refractivity contribution in [2.75, 3.05) is 13.2 Å². The van der Waals surface area contributed by atoms with Gasteiger partial charge in [-0.15, -0.1) is 0 Å². The summed E-state index contributed by atoms with van der Waals surface area (Å²) in [6.07, 6.45) is 15.2. The molecule has 0 saturated carbocycles. The topological polar surface area (TPSA) is 110 Å². The third kappa shape index (κ3) is 12.5. The number of carbonyl (C=O) groups excluding carboxylic acids is 2. The van der Waals surface area contributed by atoms with E-state index in [4.69, 9.17) is 9.47 Å². The van der Waals surface area contributed by atoms with Crippen LogP contribution in [-0.2, 0) is 19.6 Å². The minimum atomic E-state index is -5.01. The molecule has 0 fully saturated rings. The van der Waals surface area contributed by atoms with Crippen LogP contribution in [-0.4, -0.2) is 38.1 Å². The van der Waals surface area contributed by atoms with Crippen LogP contribution in [0.25, 0.3) is 0 Å². The van der Waals surface area contributed by atoms with Gasteiger partial charge in [-0.1, -0.05) is 69.9 Å². The quantitative estimate of drug-likeness (QED) is 0.122. The number of hydrogen-bond donors (Lipinski definition) is 0. The average Bonchev–Trinajstić information content (AvgIpc) is 2.76. The van der Waals surface area contributed by atoms with Crippen molar-refractivity contribution in [1.29, 1.82) is 0 Å². The molecule has 0 N–H and O–H groups in total. The Morgan fingerprint density at radius 1 is 0.848 bits per heavy atom. The second-order valence-electron chi connectivity index (χ2n) is 7.26. The number of hydrogen-bond acceptors (Lipinski definition) is 7. The van der Waals surface area contributed by atoms with E-state index in [2.05, 4.69) is 13.8 Å². The van der Waals surface area contributed by atoms with Crippen molar-refractivity contribution in [3.63, 3.8) is 0 Å². The van der Waals surface area contributed by atoms with Gasteiger partial charge in [-0.3, -0.25) is 0 Å². The van der Waals surface area contributed by atoms with E-state index in [1.807, 2.05) is 12.2 Å². The number of benzene rings is 1. The second-order valence-corrected chi connectivity index (χ2v) is 8.61. The van der Waals surface area contributed by atoms with Crippen molar-refractivity contribution >= 4 is 22.1 Å². The maximum absolute atomic E-state index is 12.6. The van der Waals surface area contributed by atoms with Crippen molar-refractivity contribution in [1.82, 2.24) is 0 Å². The first kappa shape index (κ1) is 31.6. The smallest absolute Gasteiger partial charge is 0.744 e. The molecule has 178 valence electrons. The summed E-state index contributed by atoms with van der Waals surface area (Å²) in [6, 6.07) is 3.43. The van der Waals surface area contributed by atoms with Gasteiger partial charge in [0.15, 0.2) is 0 Å². The molecule has 0 amide bonds. The van der Waals surface area contributed by atoms with Crippen LogP contribution in [0.2, 0.25) is 0 Å². The van der Waals surface area contributed by atoms with Crippen LogP contribution in [0.5, 0.6) is 0 Å². The standard InChI is InChI=1S/C24H34O7S.Na/c1-3-5-7-9-11-13-18-30-23(25)20-16-15-17-21(32(27,28)29)22(20)24(26)31-19-14-12-10-8-6-4-2;/h11-17H,3-10,18-19H2,1-2H3,(H,27,28,29);/q;+1/p-1/b13-11+,14-12+;. The Morgan fingerprint density at radius 3 is 1.85 bits per heavy atom. The van der Waals surface area contributed by atoms with E-state index < -0.39 is 32.5 Å². The molecule has 33 heavy (non-hydrogen) atoms. The van der Waals surface area contributed by atoms with E-state index in [0.29, 0.717) is 0 Å². The zero-order chi connectivity index (χ0) is 23.8. The SMILES string of the molecule is CCCCC/C=C/COC(=O)c1cccc(S(=O)(=O)[O-])c1C(=O)OC/C=C/CCCCC.[Na+]. The first-order chi connectivity index (χ1) is 15.3. The second kappa shape index (κ2) is 18.0. The zero-order valence-electron chi connectivity index (χ0n) is 19.9. The van der Waals surface area contributed by atoms with E-state index in [1.54, 1.807) is 12.2 Å². The van der Waals surface area contributed by atoms with Gasteiger partial charge >= 0.3 is 41.5 Å². The monoisotopic (exact) mass is 488 g/mol. The molecule has 0 aliphatic heterocycles. The van der Waals surface area contributed by atoms with Crippen molar-refractivity contribution in [3.8, 4) is 0 Å². The van der Waals surface area contributed by atoms with E-state index in [0.717, 1.165) is 57.4 Å². The predicted molar refractivity (Wildman–Crippen MR) is 122 cm³/mol. The molecule has 0 aromatic heterocycles. The van der Waals surface area contributed by atoms with Crippen molar-refractivity contribution in [2.24, 2.45) is 0 Å². The Hall–Kier alpha value is -1.45. The van der Waals surface area contributed by atoms with Crippen molar-refractivity contribution in [2.45, 2.75) is 70.1 Å². The molecule has 0 spiro atoms. The molecule has 0 saturated heterocycles. The number of unbranched alkanes of at least 4 members (excludes halogenated alkanes) is 6. The molecule has 9 heteroatoms. The Bertz CT molecular complexity index is 892. The summed E-state index contributed by atoms with van der Waals surface area (Å²) in [6.45, 7) is 4.06. The maximum Gasteiger partial charge on any atom is 1.00 e. The number of esters is 2. The number of allylic oxidation sites excluding steroid dienone is 2. The largest absolute Gasteiger partial charge is 1.00 e. The first-order valence-corrected chi connectivity index (χ1v) is 12.5.